The van der Waals surface area contributed by atoms with Gasteiger partial charge in [-0.2, -0.15) is 13.2 Å². The fraction of sp³-hybridized carbons (Fsp3) is 0.647. The SMILES string of the molecule is CC(C)(C)OC(=O)N1CCC(F)(Cc2cc(C(F)(F)F)ccn2)CC1. The molecule has 8 heteroatoms. The van der Waals surface area contributed by atoms with Crippen molar-refractivity contribution >= 4 is 6.09 Å². The van der Waals surface area contributed by atoms with Crippen LogP contribution in [-0.4, -0.2) is 40.3 Å². The monoisotopic (exact) mass is 362 g/mol. The van der Waals surface area contributed by atoms with E-state index in [1.54, 1.807) is 20.8 Å². The van der Waals surface area contributed by atoms with Gasteiger partial charge in [0.25, 0.3) is 0 Å². The third-order valence-corrected chi connectivity index (χ3v) is 3.95. The Morgan fingerprint density at radius 2 is 1.88 bits per heavy atom. The summed E-state index contributed by atoms with van der Waals surface area (Å²) in [6.07, 6.45) is -4.10. The first-order valence-corrected chi connectivity index (χ1v) is 8.07. The van der Waals surface area contributed by atoms with E-state index in [1.165, 1.54) is 4.90 Å². The molecule has 0 unspecified atom stereocenters. The van der Waals surface area contributed by atoms with Gasteiger partial charge in [-0.05, 0) is 45.7 Å². The lowest BCUT2D eigenvalue weighted by atomic mass is 9.88. The van der Waals surface area contributed by atoms with Crippen molar-refractivity contribution in [1.29, 1.82) is 0 Å². The standard InChI is InChI=1S/C17H22F4N2O2/c1-15(2,3)25-14(24)23-8-5-16(18,6-9-23)11-13-10-12(4-7-22-13)17(19,20)21/h4,7,10H,5-6,8-9,11H2,1-3H3. The molecule has 0 radical (unpaired) electrons. The van der Waals surface area contributed by atoms with Gasteiger partial charge in [0.15, 0.2) is 0 Å². The average molecular weight is 362 g/mol. The van der Waals surface area contributed by atoms with E-state index in [2.05, 4.69) is 4.98 Å². The summed E-state index contributed by atoms with van der Waals surface area (Å²) in [5.41, 5.74) is -3.10. The number of nitrogens with zero attached hydrogens (tertiary/aromatic N) is 2. The fourth-order valence-corrected chi connectivity index (χ4v) is 2.67. The Morgan fingerprint density at radius 1 is 1.28 bits per heavy atom. The van der Waals surface area contributed by atoms with E-state index in [-0.39, 0.29) is 38.0 Å². The molecule has 1 aliphatic rings. The van der Waals surface area contributed by atoms with E-state index < -0.39 is 29.1 Å². The number of likely N-dealkylation sites (tertiary alicyclic amines) is 1. The minimum atomic E-state index is -4.48. The highest BCUT2D eigenvalue weighted by Crippen LogP contribution is 2.33. The van der Waals surface area contributed by atoms with E-state index in [1.807, 2.05) is 0 Å². The van der Waals surface area contributed by atoms with Crippen molar-refractivity contribution in [3.05, 3.63) is 29.6 Å². The molecule has 1 aliphatic heterocycles. The summed E-state index contributed by atoms with van der Waals surface area (Å²) < 4.78 is 58.4. The van der Waals surface area contributed by atoms with Gasteiger partial charge in [-0.3, -0.25) is 4.98 Å². The fourth-order valence-electron chi connectivity index (χ4n) is 2.67. The predicted molar refractivity (Wildman–Crippen MR) is 83.8 cm³/mol. The maximum Gasteiger partial charge on any atom is 0.416 e. The van der Waals surface area contributed by atoms with Crippen LogP contribution < -0.4 is 0 Å². The van der Waals surface area contributed by atoms with Gasteiger partial charge in [0.1, 0.15) is 11.3 Å². The summed E-state index contributed by atoms with van der Waals surface area (Å²) in [7, 11) is 0. The molecule has 2 heterocycles. The zero-order chi connectivity index (χ0) is 18.9. The number of ether oxygens (including phenoxy) is 1. The summed E-state index contributed by atoms with van der Waals surface area (Å²) in [6.45, 7) is 5.55. The van der Waals surface area contributed by atoms with Crippen LogP contribution in [0.15, 0.2) is 18.3 Å². The van der Waals surface area contributed by atoms with Gasteiger partial charge in [-0.1, -0.05) is 0 Å². The van der Waals surface area contributed by atoms with Crippen molar-refractivity contribution in [2.45, 2.75) is 57.5 Å². The number of aromatic nitrogens is 1. The molecule has 0 N–H and O–H groups in total. The highest BCUT2D eigenvalue weighted by atomic mass is 19.4. The van der Waals surface area contributed by atoms with Crippen LogP contribution in [0.25, 0.3) is 0 Å². The van der Waals surface area contributed by atoms with Gasteiger partial charge in [0.2, 0.25) is 0 Å². The Labute approximate surface area is 144 Å². The number of carbonyl (C=O) groups excluding carboxylic acids is 1. The number of hydrogen-bond acceptors (Lipinski definition) is 3. The molecule has 2 rings (SSSR count). The normalized spacial score (nSPS) is 18.1. The van der Waals surface area contributed by atoms with Gasteiger partial charge in [-0.25, -0.2) is 9.18 Å². The van der Waals surface area contributed by atoms with Crippen molar-refractivity contribution in [2.24, 2.45) is 0 Å². The molecule has 0 atom stereocenters. The van der Waals surface area contributed by atoms with Crippen molar-refractivity contribution in [3.63, 3.8) is 0 Å². The topological polar surface area (TPSA) is 42.4 Å². The van der Waals surface area contributed by atoms with Gasteiger partial charge in [0.05, 0.1) is 5.56 Å². The first kappa shape index (κ1) is 19.5. The Morgan fingerprint density at radius 3 is 2.40 bits per heavy atom. The number of carbonyl (C=O) groups is 1. The van der Waals surface area contributed by atoms with E-state index in [4.69, 9.17) is 4.74 Å². The molecule has 0 aliphatic carbocycles. The number of alkyl halides is 4. The zero-order valence-electron chi connectivity index (χ0n) is 14.5. The molecular weight excluding hydrogens is 340 g/mol. The van der Waals surface area contributed by atoms with E-state index in [0.29, 0.717) is 0 Å². The molecule has 1 fully saturated rings. The van der Waals surface area contributed by atoms with Crippen LogP contribution in [0.2, 0.25) is 0 Å². The van der Waals surface area contributed by atoms with Crippen LogP contribution in [0, 0.1) is 0 Å². The molecule has 0 saturated carbocycles. The molecule has 0 spiro atoms. The van der Waals surface area contributed by atoms with Crippen molar-refractivity contribution < 1.29 is 27.1 Å². The van der Waals surface area contributed by atoms with Gasteiger partial charge >= 0.3 is 12.3 Å². The maximum atomic E-state index is 15.0. The Bertz CT molecular complexity index is 618. The molecular formula is C17H22F4N2O2. The Kier molecular flexibility index (Phi) is 5.30. The second kappa shape index (κ2) is 6.80. The summed E-state index contributed by atoms with van der Waals surface area (Å²) in [5, 5.41) is 0. The Hall–Kier alpha value is -1.86. The number of amides is 1. The van der Waals surface area contributed by atoms with E-state index in [0.717, 1.165) is 18.3 Å². The number of pyridine rings is 1. The van der Waals surface area contributed by atoms with Gasteiger partial charge in [0, 0.05) is 31.4 Å². The highest BCUT2D eigenvalue weighted by Gasteiger charge is 2.38. The van der Waals surface area contributed by atoms with E-state index in [9.17, 15) is 22.4 Å². The number of halogens is 4. The van der Waals surface area contributed by atoms with Gasteiger partial charge in [-0.15, -0.1) is 0 Å². The zero-order valence-corrected chi connectivity index (χ0v) is 14.5. The highest BCUT2D eigenvalue weighted by molar-refractivity contribution is 5.68. The lowest BCUT2D eigenvalue weighted by Crippen LogP contribution is -2.47. The smallest absolute Gasteiger partial charge is 0.416 e. The van der Waals surface area contributed by atoms with Crippen LogP contribution in [0.4, 0.5) is 22.4 Å². The summed E-state index contributed by atoms with van der Waals surface area (Å²) in [5.74, 6) is 0. The third kappa shape index (κ3) is 5.57. The Balaban J connectivity index is 1.98. The molecule has 25 heavy (non-hydrogen) atoms. The molecule has 1 aromatic heterocycles. The second-order valence-electron chi connectivity index (χ2n) is 7.33. The summed E-state index contributed by atoms with van der Waals surface area (Å²) in [6, 6.07) is 1.74. The summed E-state index contributed by atoms with van der Waals surface area (Å²) in [4.78, 5) is 17.3. The molecule has 1 saturated heterocycles. The van der Waals surface area contributed by atoms with Crippen LogP contribution in [0.5, 0.6) is 0 Å². The average Bonchev–Trinajstić information content (AvgIpc) is 2.45. The van der Waals surface area contributed by atoms with Crippen molar-refractivity contribution in [1.82, 2.24) is 9.88 Å². The summed E-state index contributed by atoms with van der Waals surface area (Å²) >= 11 is 0. The van der Waals surface area contributed by atoms with Crippen LogP contribution in [0.1, 0.15) is 44.9 Å². The predicted octanol–water partition coefficient (Wildman–Crippen LogP) is 4.38. The lowest BCUT2D eigenvalue weighted by molar-refractivity contribution is -0.137. The minimum absolute atomic E-state index is 0.0319. The van der Waals surface area contributed by atoms with Crippen LogP contribution in [0.3, 0.4) is 0 Å². The first-order chi connectivity index (χ1) is 11.4. The quantitative estimate of drug-likeness (QED) is 0.733. The molecule has 0 bridgehead atoms. The van der Waals surface area contributed by atoms with Crippen molar-refractivity contribution in [3.8, 4) is 0 Å². The molecule has 1 amide bonds. The first-order valence-electron chi connectivity index (χ1n) is 8.07. The third-order valence-electron chi connectivity index (χ3n) is 3.95. The number of rotatable bonds is 2. The second-order valence-corrected chi connectivity index (χ2v) is 7.33. The molecule has 0 aromatic carbocycles. The molecule has 4 nitrogen and oxygen atoms in total. The van der Waals surface area contributed by atoms with Crippen molar-refractivity contribution in [2.75, 3.05) is 13.1 Å². The molecule has 140 valence electrons. The number of hydrogen-bond donors (Lipinski definition) is 0. The largest absolute Gasteiger partial charge is 0.444 e. The van der Waals surface area contributed by atoms with Crippen LogP contribution >= 0.6 is 0 Å². The lowest BCUT2D eigenvalue weighted by Gasteiger charge is -2.37. The van der Waals surface area contributed by atoms with E-state index >= 15 is 0 Å². The van der Waals surface area contributed by atoms with Gasteiger partial charge < -0.3 is 9.64 Å². The van der Waals surface area contributed by atoms with Crippen LogP contribution in [-0.2, 0) is 17.3 Å². The number of piperidine rings is 1. The maximum absolute atomic E-state index is 15.0. The minimum Gasteiger partial charge on any atom is -0.444 e. The molecule has 1 aromatic rings.